The summed E-state index contributed by atoms with van der Waals surface area (Å²) >= 11 is 0. The van der Waals surface area contributed by atoms with E-state index in [9.17, 15) is 0 Å². The van der Waals surface area contributed by atoms with Crippen LogP contribution < -0.4 is 5.73 Å². The van der Waals surface area contributed by atoms with Gasteiger partial charge in [0.05, 0.1) is 12.3 Å². The molecular formula is C11H15N3O2. The van der Waals surface area contributed by atoms with Crippen LogP contribution in [-0.2, 0) is 0 Å². The topological polar surface area (TPSA) is 78.1 Å². The zero-order chi connectivity index (χ0) is 11.4. The van der Waals surface area contributed by atoms with E-state index in [1.807, 2.05) is 0 Å². The molecule has 2 N–H and O–H groups in total. The fourth-order valence-corrected chi connectivity index (χ4v) is 1.44. The van der Waals surface area contributed by atoms with Crippen molar-refractivity contribution in [3.63, 3.8) is 0 Å². The maximum absolute atomic E-state index is 5.92. The Balaban J connectivity index is 2.07. The van der Waals surface area contributed by atoms with Crippen molar-refractivity contribution in [1.82, 2.24) is 10.1 Å². The average molecular weight is 221 g/mol. The summed E-state index contributed by atoms with van der Waals surface area (Å²) in [5, 5.41) is 3.83. The molecular weight excluding hydrogens is 206 g/mol. The maximum atomic E-state index is 5.92. The number of nitrogens with zero attached hydrogens (tertiary/aromatic N) is 2. The van der Waals surface area contributed by atoms with E-state index in [0.717, 1.165) is 19.3 Å². The van der Waals surface area contributed by atoms with Crippen LogP contribution in [0.3, 0.4) is 0 Å². The smallest absolute Gasteiger partial charge is 0.243 e. The first-order valence-corrected chi connectivity index (χ1v) is 5.44. The van der Waals surface area contributed by atoms with Gasteiger partial charge in [0.2, 0.25) is 11.7 Å². The number of nitrogens with two attached hydrogens (primary N) is 1. The Labute approximate surface area is 93.6 Å². The number of hydrogen-bond donors (Lipinski definition) is 1. The van der Waals surface area contributed by atoms with Gasteiger partial charge >= 0.3 is 0 Å². The summed E-state index contributed by atoms with van der Waals surface area (Å²) in [6.07, 6.45) is 4.59. The molecule has 0 saturated carbocycles. The molecule has 2 heterocycles. The van der Waals surface area contributed by atoms with Crippen LogP contribution in [0.15, 0.2) is 27.3 Å². The van der Waals surface area contributed by atoms with Gasteiger partial charge in [-0.2, -0.15) is 4.98 Å². The summed E-state index contributed by atoms with van der Waals surface area (Å²) in [6, 6.07) is 3.38. The van der Waals surface area contributed by atoms with Crippen molar-refractivity contribution in [2.45, 2.75) is 32.2 Å². The molecule has 0 fully saturated rings. The molecule has 0 aliphatic rings. The lowest BCUT2D eigenvalue weighted by atomic mass is 10.1. The highest BCUT2D eigenvalue weighted by Crippen LogP contribution is 2.20. The predicted molar refractivity (Wildman–Crippen MR) is 58.5 cm³/mol. The molecule has 0 radical (unpaired) electrons. The number of rotatable bonds is 5. The third-order valence-corrected chi connectivity index (χ3v) is 2.37. The second kappa shape index (κ2) is 4.94. The molecule has 5 nitrogen and oxygen atoms in total. The summed E-state index contributed by atoms with van der Waals surface area (Å²) in [6.45, 7) is 2.12. The largest absolute Gasteiger partial charge is 0.461 e. The van der Waals surface area contributed by atoms with Crippen molar-refractivity contribution >= 4 is 0 Å². The van der Waals surface area contributed by atoms with Crippen LogP contribution in [0, 0.1) is 0 Å². The third-order valence-electron chi connectivity index (χ3n) is 2.37. The van der Waals surface area contributed by atoms with E-state index in [-0.39, 0.29) is 6.04 Å². The van der Waals surface area contributed by atoms with E-state index in [2.05, 4.69) is 17.1 Å². The first kappa shape index (κ1) is 10.9. The van der Waals surface area contributed by atoms with E-state index in [4.69, 9.17) is 14.7 Å². The third kappa shape index (κ3) is 2.30. The SMILES string of the molecule is CCCCC(N)c1nc(-c2ccco2)no1. The monoisotopic (exact) mass is 221 g/mol. The molecule has 86 valence electrons. The summed E-state index contributed by atoms with van der Waals surface area (Å²) in [4.78, 5) is 4.21. The lowest BCUT2D eigenvalue weighted by Crippen LogP contribution is -2.10. The average Bonchev–Trinajstić information content (AvgIpc) is 2.94. The highest BCUT2D eigenvalue weighted by atomic mass is 16.5. The van der Waals surface area contributed by atoms with Crippen molar-refractivity contribution < 1.29 is 8.94 Å². The number of hydrogen-bond acceptors (Lipinski definition) is 5. The molecule has 2 aromatic rings. The lowest BCUT2D eigenvalue weighted by Gasteiger charge is -2.03. The first-order valence-electron chi connectivity index (χ1n) is 5.44. The number of aromatic nitrogens is 2. The maximum Gasteiger partial charge on any atom is 0.243 e. The van der Waals surface area contributed by atoms with Crippen LogP contribution in [0.1, 0.15) is 38.1 Å². The molecule has 2 rings (SSSR count). The van der Waals surface area contributed by atoms with Gasteiger partial charge in [0, 0.05) is 0 Å². The van der Waals surface area contributed by atoms with Gasteiger partial charge < -0.3 is 14.7 Å². The Kier molecular flexibility index (Phi) is 3.36. The standard InChI is InChI=1S/C11H15N3O2/c1-2-3-5-8(12)11-13-10(14-16-11)9-6-4-7-15-9/h4,6-8H,2-3,5,12H2,1H3. The summed E-state index contributed by atoms with van der Waals surface area (Å²) in [5.74, 6) is 1.52. The normalized spacial score (nSPS) is 12.9. The van der Waals surface area contributed by atoms with E-state index in [1.165, 1.54) is 0 Å². The van der Waals surface area contributed by atoms with E-state index < -0.39 is 0 Å². The van der Waals surface area contributed by atoms with Gasteiger partial charge in [-0.3, -0.25) is 0 Å². The quantitative estimate of drug-likeness (QED) is 0.839. The molecule has 2 aromatic heterocycles. The molecule has 1 unspecified atom stereocenters. The van der Waals surface area contributed by atoms with Crippen molar-refractivity contribution in [2.75, 3.05) is 0 Å². The van der Waals surface area contributed by atoms with Gasteiger partial charge in [-0.05, 0) is 18.6 Å². The van der Waals surface area contributed by atoms with E-state index in [0.29, 0.717) is 17.5 Å². The highest BCUT2D eigenvalue weighted by Gasteiger charge is 2.16. The van der Waals surface area contributed by atoms with Crippen LogP contribution >= 0.6 is 0 Å². The van der Waals surface area contributed by atoms with E-state index >= 15 is 0 Å². The van der Waals surface area contributed by atoms with Gasteiger partial charge in [-0.25, -0.2) is 0 Å². The number of furan rings is 1. The summed E-state index contributed by atoms with van der Waals surface area (Å²) in [7, 11) is 0. The Hall–Kier alpha value is -1.62. The van der Waals surface area contributed by atoms with Gasteiger partial charge in [-0.1, -0.05) is 24.9 Å². The highest BCUT2D eigenvalue weighted by molar-refractivity contribution is 5.44. The minimum atomic E-state index is -0.184. The van der Waals surface area contributed by atoms with Crippen molar-refractivity contribution in [2.24, 2.45) is 5.73 Å². The summed E-state index contributed by atoms with van der Waals surface area (Å²) in [5.41, 5.74) is 5.92. The molecule has 0 aliphatic carbocycles. The minimum absolute atomic E-state index is 0.184. The molecule has 0 saturated heterocycles. The molecule has 0 aliphatic heterocycles. The zero-order valence-corrected chi connectivity index (χ0v) is 9.22. The molecule has 0 bridgehead atoms. The van der Waals surface area contributed by atoms with Gasteiger partial charge in [0.15, 0.2) is 5.76 Å². The van der Waals surface area contributed by atoms with E-state index in [1.54, 1.807) is 18.4 Å². The second-order valence-electron chi connectivity index (χ2n) is 3.68. The van der Waals surface area contributed by atoms with Crippen molar-refractivity contribution in [3.8, 4) is 11.6 Å². The fraction of sp³-hybridized carbons (Fsp3) is 0.455. The van der Waals surface area contributed by atoms with Crippen LogP contribution in [0.4, 0.5) is 0 Å². The van der Waals surface area contributed by atoms with Gasteiger partial charge in [-0.15, -0.1) is 0 Å². The molecule has 0 aromatic carbocycles. The fourth-order valence-electron chi connectivity index (χ4n) is 1.44. The van der Waals surface area contributed by atoms with Crippen LogP contribution in [0.2, 0.25) is 0 Å². The summed E-state index contributed by atoms with van der Waals surface area (Å²) < 4.78 is 10.3. The predicted octanol–water partition coefficient (Wildman–Crippen LogP) is 2.52. The Morgan fingerprint density at radius 3 is 3.06 bits per heavy atom. The minimum Gasteiger partial charge on any atom is -0.461 e. The first-order chi connectivity index (χ1) is 7.81. The van der Waals surface area contributed by atoms with Crippen LogP contribution in [0.5, 0.6) is 0 Å². The molecule has 0 amide bonds. The van der Waals surface area contributed by atoms with Crippen molar-refractivity contribution in [1.29, 1.82) is 0 Å². The van der Waals surface area contributed by atoms with Crippen LogP contribution in [-0.4, -0.2) is 10.1 Å². The molecule has 5 heteroatoms. The molecule has 0 spiro atoms. The molecule has 1 atom stereocenters. The lowest BCUT2D eigenvalue weighted by molar-refractivity contribution is 0.346. The molecule has 16 heavy (non-hydrogen) atoms. The zero-order valence-electron chi connectivity index (χ0n) is 9.22. The van der Waals surface area contributed by atoms with Gasteiger partial charge in [0.1, 0.15) is 0 Å². The Bertz CT molecular complexity index is 422. The van der Waals surface area contributed by atoms with Crippen LogP contribution in [0.25, 0.3) is 11.6 Å². The Morgan fingerprint density at radius 2 is 2.38 bits per heavy atom. The Morgan fingerprint density at radius 1 is 1.50 bits per heavy atom. The van der Waals surface area contributed by atoms with Crippen molar-refractivity contribution in [3.05, 3.63) is 24.3 Å². The second-order valence-corrected chi connectivity index (χ2v) is 3.68. The number of unbranched alkanes of at least 4 members (excludes halogenated alkanes) is 1. The van der Waals surface area contributed by atoms with Gasteiger partial charge in [0.25, 0.3) is 0 Å².